The molecule has 3 aromatic carbocycles. The quantitative estimate of drug-likeness (QED) is 0.396. The maximum Gasteiger partial charge on any atom is 0.164 e. The van der Waals surface area contributed by atoms with Crippen LogP contribution >= 0.6 is 0 Å². The second-order valence-corrected chi connectivity index (χ2v) is 7.14. The number of hydrogen-bond donors (Lipinski definition) is 2. The van der Waals surface area contributed by atoms with E-state index in [2.05, 4.69) is 23.5 Å². The van der Waals surface area contributed by atoms with Crippen LogP contribution in [0.15, 0.2) is 84.9 Å². The van der Waals surface area contributed by atoms with Crippen molar-refractivity contribution in [1.29, 1.82) is 0 Å². The van der Waals surface area contributed by atoms with Gasteiger partial charge in [-0.2, -0.15) is 0 Å². The standard InChI is InChI=1S/C26H27NO2/c1-20(26(29)24-10-6-3-7-11-24)27-19-18-25(28)23-16-14-22(15-17-23)13-12-21-8-4-2-5-9-21/h2-17,20,26-27,29H,18-19H2,1H3/b13-12+. The number of aliphatic hydroxyl groups is 1. The molecule has 29 heavy (non-hydrogen) atoms. The van der Waals surface area contributed by atoms with Crippen molar-refractivity contribution < 1.29 is 9.90 Å². The minimum Gasteiger partial charge on any atom is -0.387 e. The lowest BCUT2D eigenvalue weighted by Gasteiger charge is -2.20. The molecule has 0 aromatic heterocycles. The number of carbonyl (C=O) groups is 1. The van der Waals surface area contributed by atoms with Gasteiger partial charge >= 0.3 is 0 Å². The Kier molecular flexibility index (Phi) is 7.51. The lowest BCUT2D eigenvalue weighted by Crippen LogP contribution is -2.33. The Morgan fingerprint density at radius 3 is 2.03 bits per heavy atom. The maximum atomic E-state index is 12.4. The van der Waals surface area contributed by atoms with Gasteiger partial charge in [-0.1, -0.05) is 97.1 Å². The molecule has 0 fully saturated rings. The van der Waals surface area contributed by atoms with E-state index >= 15 is 0 Å². The second-order valence-electron chi connectivity index (χ2n) is 7.14. The zero-order valence-corrected chi connectivity index (χ0v) is 16.7. The molecular formula is C26H27NO2. The molecule has 3 heteroatoms. The lowest BCUT2D eigenvalue weighted by molar-refractivity contribution is 0.0972. The normalized spacial score (nSPS) is 13.3. The molecule has 0 aliphatic carbocycles. The summed E-state index contributed by atoms with van der Waals surface area (Å²) in [6.45, 7) is 2.45. The van der Waals surface area contributed by atoms with Gasteiger partial charge in [0.25, 0.3) is 0 Å². The summed E-state index contributed by atoms with van der Waals surface area (Å²) < 4.78 is 0. The summed E-state index contributed by atoms with van der Waals surface area (Å²) in [5, 5.41) is 13.6. The molecule has 0 aliphatic heterocycles. The average molecular weight is 386 g/mol. The molecule has 2 atom stereocenters. The predicted octanol–water partition coefficient (Wildman–Crippen LogP) is 5.14. The van der Waals surface area contributed by atoms with Gasteiger partial charge in [0.05, 0.1) is 6.10 Å². The van der Waals surface area contributed by atoms with E-state index in [0.717, 1.165) is 16.7 Å². The van der Waals surface area contributed by atoms with Gasteiger partial charge in [0.1, 0.15) is 0 Å². The zero-order valence-electron chi connectivity index (χ0n) is 16.7. The molecule has 3 aromatic rings. The number of benzene rings is 3. The fourth-order valence-electron chi connectivity index (χ4n) is 3.14. The summed E-state index contributed by atoms with van der Waals surface area (Å²) in [7, 11) is 0. The van der Waals surface area contributed by atoms with Crippen LogP contribution in [0, 0.1) is 0 Å². The van der Waals surface area contributed by atoms with Crippen LogP contribution in [0.25, 0.3) is 12.2 Å². The number of nitrogens with one attached hydrogen (secondary N) is 1. The van der Waals surface area contributed by atoms with E-state index in [-0.39, 0.29) is 11.8 Å². The molecule has 0 heterocycles. The first-order valence-corrected chi connectivity index (χ1v) is 9.96. The third kappa shape index (κ3) is 6.24. The highest BCUT2D eigenvalue weighted by atomic mass is 16.3. The Morgan fingerprint density at radius 1 is 0.862 bits per heavy atom. The van der Waals surface area contributed by atoms with E-state index in [1.165, 1.54) is 0 Å². The highest BCUT2D eigenvalue weighted by molar-refractivity contribution is 5.96. The van der Waals surface area contributed by atoms with Gasteiger partial charge in [-0.15, -0.1) is 0 Å². The van der Waals surface area contributed by atoms with Crippen molar-refractivity contribution >= 4 is 17.9 Å². The van der Waals surface area contributed by atoms with E-state index in [9.17, 15) is 9.90 Å². The molecule has 148 valence electrons. The molecule has 0 saturated heterocycles. The molecule has 2 N–H and O–H groups in total. The lowest BCUT2D eigenvalue weighted by atomic mass is 10.0. The Bertz CT molecular complexity index is 918. The number of aliphatic hydroxyl groups excluding tert-OH is 1. The largest absolute Gasteiger partial charge is 0.387 e. The Hall–Kier alpha value is -3.01. The third-order valence-electron chi connectivity index (χ3n) is 4.93. The minimum absolute atomic E-state index is 0.0949. The van der Waals surface area contributed by atoms with E-state index in [4.69, 9.17) is 0 Å². The first-order valence-electron chi connectivity index (χ1n) is 9.96. The van der Waals surface area contributed by atoms with Crippen molar-refractivity contribution in [3.8, 4) is 0 Å². The van der Waals surface area contributed by atoms with Crippen LogP contribution in [-0.2, 0) is 0 Å². The van der Waals surface area contributed by atoms with Crippen molar-refractivity contribution in [2.75, 3.05) is 6.54 Å². The summed E-state index contributed by atoms with van der Waals surface area (Å²) in [5.41, 5.74) is 3.78. The van der Waals surface area contributed by atoms with E-state index < -0.39 is 6.10 Å². The number of rotatable bonds is 9. The Labute approximate surface area is 172 Å². The first-order chi connectivity index (χ1) is 14.1. The fraction of sp³-hybridized carbons (Fsp3) is 0.192. The van der Waals surface area contributed by atoms with Crippen molar-refractivity contribution in [3.05, 3.63) is 107 Å². The number of hydrogen-bond acceptors (Lipinski definition) is 3. The van der Waals surface area contributed by atoms with Gasteiger partial charge in [0, 0.05) is 24.6 Å². The number of Topliss-reactive ketones (excluding diaryl/α,β-unsaturated/α-hetero) is 1. The van der Waals surface area contributed by atoms with Crippen LogP contribution in [0.4, 0.5) is 0 Å². The second kappa shape index (κ2) is 10.5. The third-order valence-corrected chi connectivity index (χ3v) is 4.93. The summed E-state index contributed by atoms with van der Waals surface area (Å²) in [4.78, 5) is 12.4. The Morgan fingerprint density at radius 2 is 1.41 bits per heavy atom. The molecule has 3 nitrogen and oxygen atoms in total. The molecule has 0 aliphatic rings. The van der Waals surface area contributed by atoms with Crippen molar-refractivity contribution in [2.45, 2.75) is 25.5 Å². The van der Waals surface area contributed by atoms with Gasteiger partial charge in [-0.05, 0) is 23.6 Å². The molecule has 0 amide bonds. The van der Waals surface area contributed by atoms with Crippen LogP contribution in [0.1, 0.15) is 46.5 Å². The molecule has 2 unspecified atom stereocenters. The van der Waals surface area contributed by atoms with Crippen molar-refractivity contribution in [3.63, 3.8) is 0 Å². The molecule has 0 spiro atoms. The average Bonchev–Trinajstić information content (AvgIpc) is 2.78. The molecule has 3 rings (SSSR count). The SMILES string of the molecule is CC(NCCC(=O)c1ccc(/C=C/c2ccccc2)cc1)C(O)c1ccccc1. The van der Waals surface area contributed by atoms with E-state index in [0.29, 0.717) is 18.5 Å². The summed E-state index contributed by atoms with van der Waals surface area (Å²) in [6, 6.07) is 27.2. The summed E-state index contributed by atoms with van der Waals surface area (Å²) >= 11 is 0. The molecule has 0 saturated carbocycles. The monoisotopic (exact) mass is 385 g/mol. The highest BCUT2D eigenvalue weighted by Crippen LogP contribution is 2.16. The predicted molar refractivity (Wildman–Crippen MR) is 120 cm³/mol. The van der Waals surface area contributed by atoms with Gasteiger partial charge in [0.2, 0.25) is 0 Å². The first kappa shape index (κ1) is 20.7. The van der Waals surface area contributed by atoms with Crippen LogP contribution in [-0.4, -0.2) is 23.5 Å². The van der Waals surface area contributed by atoms with Crippen molar-refractivity contribution in [1.82, 2.24) is 5.32 Å². The van der Waals surface area contributed by atoms with Crippen molar-refractivity contribution in [2.24, 2.45) is 0 Å². The van der Waals surface area contributed by atoms with Crippen LogP contribution < -0.4 is 5.32 Å². The van der Waals surface area contributed by atoms with E-state index in [1.54, 1.807) is 0 Å². The topological polar surface area (TPSA) is 49.3 Å². The summed E-state index contributed by atoms with van der Waals surface area (Å²) in [6.07, 6.45) is 3.89. The van der Waals surface area contributed by atoms with Crippen LogP contribution in [0.5, 0.6) is 0 Å². The van der Waals surface area contributed by atoms with Gasteiger partial charge in [-0.25, -0.2) is 0 Å². The fourth-order valence-corrected chi connectivity index (χ4v) is 3.14. The van der Waals surface area contributed by atoms with Gasteiger partial charge in [0.15, 0.2) is 5.78 Å². The maximum absolute atomic E-state index is 12.4. The highest BCUT2D eigenvalue weighted by Gasteiger charge is 2.16. The minimum atomic E-state index is -0.595. The van der Waals surface area contributed by atoms with Gasteiger partial charge in [-0.3, -0.25) is 4.79 Å². The summed E-state index contributed by atoms with van der Waals surface area (Å²) in [5.74, 6) is 0.0949. The number of carbonyl (C=O) groups excluding carboxylic acids is 1. The van der Waals surface area contributed by atoms with E-state index in [1.807, 2.05) is 85.8 Å². The Balaban J connectivity index is 1.47. The smallest absolute Gasteiger partial charge is 0.164 e. The van der Waals surface area contributed by atoms with Crippen LogP contribution in [0.3, 0.4) is 0 Å². The molecule has 0 bridgehead atoms. The molecular weight excluding hydrogens is 358 g/mol. The van der Waals surface area contributed by atoms with Gasteiger partial charge < -0.3 is 10.4 Å². The van der Waals surface area contributed by atoms with Crippen LogP contribution in [0.2, 0.25) is 0 Å². The zero-order chi connectivity index (χ0) is 20.5. The number of ketones is 1. The molecule has 0 radical (unpaired) electrons.